The normalized spacial score (nSPS) is 25.1. The van der Waals surface area contributed by atoms with E-state index in [0.717, 1.165) is 30.7 Å². The topological polar surface area (TPSA) is 138 Å². The number of hydrogen-bond donors (Lipinski definition) is 3. The van der Waals surface area contributed by atoms with E-state index in [9.17, 15) is 18.0 Å². The number of amides is 3. The zero-order valence-electron chi connectivity index (χ0n) is 14.0. The summed E-state index contributed by atoms with van der Waals surface area (Å²) in [7, 11) is -4.81. The Bertz CT molecular complexity index is 579. The maximum Gasteiger partial charge on any atom is 0.418 e. The molecular formula is C13H24N4O7S. The maximum absolute atomic E-state index is 12.3. The Hall–Kier alpha value is -1.47. The molecule has 0 unspecified atom stereocenters. The number of hydrogen-bond acceptors (Lipinski definition) is 7. The van der Waals surface area contributed by atoms with Crippen LogP contribution >= 0.6 is 0 Å². The quantitative estimate of drug-likeness (QED) is 0.394. The molecule has 3 amide bonds. The molecule has 0 spiro atoms. The highest BCUT2D eigenvalue weighted by atomic mass is 32.3. The third kappa shape index (κ3) is 5.78. The minimum atomic E-state index is -4.81. The van der Waals surface area contributed by atoms with Gasteiger partial charge in [-0.2, -0.15) is 13.5 Å². The highest BCUT2D eigenvalue weighted by Gasteiger charge is 2.39. The van der Waals surface area contributed by atoms with Crippen molar-refractivity contribution < 1.29 is 31.7 Å². The van der Waals surface area contributed by atoms with Gasteiger partial charge in [0.05, 0.1) is 13.2 Å². The highest BCUT2D eigenvalue weighted by molar-refractivity contribution is 7.80. The van der Waals surface area contributed by atoms with Crippen LogP contribution in [-0.2, 0) is 24.3 Å². The fraction of sp³-hybridized carbons (Fsp3) is 0.846. The summed E-state index contributed by atoms with van der Waals surface area (Å²) in [5.41, 5.74) is 2.35. The van der Waals surface area contributed by atoms with Crippen molar-refractivity contribution in [3.63, 3.8) is 0 Å². The number of nitrogens with one attached hydrogen (secondary N) is 2. The van der Waals surface area contributed by atoms with E-state index in [1.165, 1.54) is 0 Å². The van der Waals surface area contributed by atoms with E-state index >= 15 is 0 Å². The van der Waals surface area contributed by atoms with Crippen LogP contribution < -0.4 is 10.8 Å². The first-order valence-electron chi connectivity index (χ1n) is 8.22. The summed E-state index contributed by atoms with van der Waals surface area (Å²) in [6.07, 6.45) is 3.34. The molecule has 2 aliphatic heterocycles. The first-order valence-corrected chi connectivity index (χ1v) is 9.58. The Kier molecular flexibility index (Phi) is 6.95. The van der Waals surface area contributed by atoms with Crippen LogP contribution in [0, 0.1) is 0 Å². The largest absolute Gasteiger partial charge is 0.418 e. The number of urea groups is 1. The number of rotatable bonds is 7. The lowest BCUT2D eigenvalue weighted by atomic mass is 10.1. The Morgan fingerprint density at radius 1 is 1.40 bits per heavy atom. The minimum Gasteiger partial charge on any atom is -0.312 e. The Labute approximate surface area is 146 Å². The lowest BCUT2D eigenvalue weighted by Gasteiger charge is -2.38. The van der Waals surface area contributed by atoms with Crippen molar-refractivity contribution in [1.29, 1.82) is 0 Å². The zero-order chi connectivity index (χ0) is 18.4. The molecule has 144 valence electrons. The van der Waals surface area contributed by atoms with Gasteiger partial charge in [0, 0.05) is 12.6 Å². The van der Waals surface area contributed by atoms with Crippen LogP contribution in [-0.4, -0.2) is 73.2 Å². The Balaban J connectivity index is 1.85. The predicted octanol–water partition coefficient (Wildman–Crippen LogP) is -0.573. The molecule has 11 nitrogen and oxygen atoms in total. The van der Waals surface area contributed by atoms with Crippen LogP contribution in [0.15, 0.2) is 0 Å². The van der Waals surface area contributed by atoms with Crippen molar-refractivity contribution in [3.05, 3.63) is 0 Å². The summed E-state index contributed by atoms with van der Waals surface area (Å²) in [4.78, 5) is 30.8. The molecule has 2 aliphatic rings. The first-order chi connectivity index (χ1) is 11.8. The van der Waals surface area contributed by atoms with Gasteiger partial charge in [-0.1, -0.05) is 6.42 Å². The van der Waals surface area contributed by atoms with E-state index in [0.29, 0.717) is 11.7 Å². The SMILES string of the molecule is CCN1C(=O)N(OS(=O)(=O)O)CC[C@H]1C(=O)NOC[C@H]1CCCCN1. The predicted molar refractivity (Wildman–Crippen MR) is 85.3 cm³/mol. The first kappa shape index (κ1) is 19.8. The average Bonchev–Trinajstić information content (AvgIpc) is 2.56. The van der Waals surface area contributed by atoms with Gasteiger partial charge in [-0.25, -0.2) is 10.3 Å². The van der Waals surface area contributed by atoms with Crippen LogP contribution in [0.3, 0.4) is 0 Å². The number of carbonyl (C=O) groups is 2. The fourth-order valence-electron chi connectivity index (χ4n) is 2.93. The third-order valence-corrected chi connectivity index (χ3v) is 4.51. The monoisotopic (exact) mass is 380 g/mol. The Morgan fingerprint density at radius 3 is 2.76 bits per heavy atom. The molecule has 0 aromatic rings. The van der Waals surface area contributed by atoms with Gasteiger partial charge in [-0.3, -0.25) is 14.2 Å². The zero-order valence-corrected chi connectivity index (χ0v) is 14.8. The van der Waals surface area contributed by atoms with Crippen molar-refractivity contribution in [2.45, 2.75) is 44.7 Å². The van der Waals surface area contributed by atoms with E-state index in [-0.39, 0.29) is 25.6 Å². The Morgan fingerprint density at radius 2 is 2.16 bits per heavy atom. The van der Waals surface area contributed by atoms with Gasteiger partial charge < -0.3 is 10.2 Å². The van der Waals surface area contributed by atoms with Gasteiger partial charge in [0.25, 0.3) is 5.91 Å². The smallest absolute Gasteiger partial charge is 0.312 e. The minimum absolute atomic E-state index is 0.131. The van der Waals surface area contributed by atoms with Gasteiger partial charge >= 0.3 is 16.4 Å². The van der Waals surface area contributed by atoms with E-state index < -0.39 is 28.4 Å². The number of piperidine rings is 1. The molecular weight excluding hydrogens is 356 g/mol. The fourth-order valence-corrected chi connectivity index (χ4v) is 3.29. The molecule has 12 heteroatoms. The second-order valence-corrected chi connectivity index (χ2v) is 6.91. The van der Waals surface area contributed by atoms with Gasteiger partial charge in [0.2, 0.25) is 0 Å². The number of nitrogens with zero attached hydrogens (tertiary/aromatic N) is 2. The van der Waals surface area contributed by atoms with Crippen LogP contribution in [0.1, 0.15) is 32.6 Å². The van der Waals surface area contributed by atoms with Gasteiger partial charge in [-0.15, -0.1) is 4.28 Å². The second kappa shape index (κ2) is 8.76. The molecule has 2 rings (SSSR count). The van der Waals surface area contributed by atoms with Crippen molar-refractivity contribution in [2.24, 2.45) is 0 Å². The standard InChI is InChI=1S/C13H24N4O7S/c1-2-16-11(6-8-17(13(16)19)24-25(20,21)22)12(18)15-23-9-10-5-3-4-7-14-10/h10-11,14H,2-9H2,1H3,(H,15,18)(H,20,21,22)/t10-,11+/m1/s1. The summed E-state index contributed by atoms with van der Waals surface area (Å²) >= 11 is 0. The van der Waals surface area contributed by atoms with Crippen LogP contribution in [0.5, 0.6) is 0 Å². The summed E-state index contributed by atoms with van der Waals surface area (Å²) < 4.78 is 34.4. The van der Waals surface area contributed by atoms with E-state index in [2.05, 4.69) is 15.1 Å². The number of hydroxylamine groups is 3. The average molecular weight is 380 g/mol. The molecule has 25 heavy (non-hydrogen) atoms. The van der Waals surface area contributed by atoms with Gasteiger partial charge in [-0.05, 0) is 32.7 Å². The van der Waals surface area contributed by atoms with Crippen LogP contribution in [0.2, 0.25) is 0 Å². The summed E-state index contributed by atoms with van der Waals surface area (Å²) in [5, 5.41) is 3.79. The van der Waals surface area contributed by atoms with Crippen molar-refractivity contribution >= 4 is 22.3 Å². The van der Waals surface area contributed by atoms with E-state index in [1.807, 2.05) is 0 Å². The van der Waals surface area contributed by atoms with Crippen molar-refractivity contribution in [2.75, 3.05) is 26.2 Å². The van der Waals surface area contributed by atoms with Crippen molar-refractivity contribution in [3.8, 4) is 0 Å². The number of likely N-dealkylation sites (N-methyl/N-ethyl adjacent to an activating group) is 1. The van der Waals surface area contributed by atoms with Crippen LogP contribution in [0.25, 0.3) is 0 Å². The van der Waals surface area contributed by atoms with Gasteiger partial charge in [0.1, 0.15) is 6.04 Å². The lowest BCUT2D eigenvalue weighted by Crippen LogP contribution is -2.59. The molecule has 2 atom stereocenters. The van der Waals surface area contributed by atoms with E-state index in [4.69, 9.17) is 9.39 Å². The molecule has 0 aliphatic carbocycles. The molecule has 0 saturated carbocycles. The molecule has 3 N–H and O–H groups in total. The molecule has 0 aromatic heterocycles. The molecule has 0 radical (unpaired) electrons. The number of carbonyl (C=O) groups excluding carboxylic acids is 2. The third-order valence-electron chi connectivity index (χ3n) is 4.14. The van der Waals surface area contributed by atoms with Crippen LogP contribution in [0.4, 0.5) is 4.79 Å². The second-order valence-electron chi connectivity index (χ2n) is 5.90. The molecule has 0 bridgehead atoms. The lowest BCUT2D eigenvalue weighted by molar-refractivity contribution is -0.143. The molecule has 0 aromatic carbocycles. The molecule has 2 heterocycles. The van der Waals surface area contributed by atoms with Crippen molar-refractivity contribution in [1.82, 2.24) is 20.8 Å². The maximum atomic E-state index is 12.3. The molecule has 2 fully saturated rings. The summed E-state index contributed by atoms with van der Waals surface area (Å²) in [6.45, 7) is 2.90. The molecule has 2 saturated heterocycles. The highest BCUT2D eigenvalue weighted by Crippen LogP contribution is 2.18. The summed E-state index contributed by atoms with van der Waals surface area (Å²) in [5.74, 6) is -0.488. The van der Waals surface area contributed by atoms with Gasteiger partial charge in [0.15, 0.2) is 0 Å². The van der Waals surface area contributed by atoms with E-state index in [1.54, 1.807) is 6.92 Å². The summed E-state index contributed by atoms with van der Waals surface area (Å²) in [6, 6.07) is -1.44.